The first-order valence-electron chi connectivity index (χ1n) is 6.60. The lowest BCUT2D eigenvalue weighted by molar-refractivity contribution is 0.371. The molecule has 0 saturated heterocycles. The summed E-state index contributed by atoms with van der Waals surface area (Å²) in [6.07, 6.45) is 4.29. The second-order valence-corrected chi connectivity index (χ2v) is 5.03. The summed E-state index contributed by atoms with van der Waals surface area (Å²) in [6, 6.07) is 7.01. The summed E-state index contributed by atoms with van der Waals surface area (Å²) in [5.74, 6) is 0.975. The molecule has 1 nitrogen and oxygen atoms in total. The molecule has 0 fully saturated rings. The topological polar surface area (TPSA) is 26.0 Å². The van der Waals surface area contributed by atoms with Crippen molar-refractivity contribution in [3.63, 3.8) is 0 Å². The summed E-state index contributed by atoms with van der Waals surface area (Å²) in [6.45, 7) is 5.10. The standard InChI is InChI=1S/C15H24FN/c1-3-6-12(2)9-13(11-17)10-14-7-4-5-8-15(14)16/h4-5,7-8,12-13H,3,6,9-11,17H2,1-2H3. The Balaban J connectivity index is 2.55. The monoisotopic (exact) mass is 237 g/mol. The van der Waals surface area contributed by atoms with Gasteiger partial charge in [-0.2, -0.15) is 0 Å². The second-order valence-electron chi connectivity index (χ2n) is 5.03. The van der Waals surface area contributed by atoms with Crippen molar-refractivity contribution >= 4 is 0 Å². The van der Waals surface area contributed by atoms with Gasteiger partial charge in [0.25, 0.3) is 0 Å². The van der Waals surface area contributed by atoms with Crippen molar-refractivity contribution in [2.45, 2.75) is 39.5 Å². The van der Waals surface area contributed by atoms with Gasteiger partial charge in [0.15, 0.2) is 0 Å². The molecule has 0 heterocycles. The molecule has 0 aliphatic rings. The van der Waals surface area contributed by atoms with E-state index in [9.17, 15) is 4.39 Å². The van der Waals surface area contributed by atoms with E-state index < -0.39 is 0 Å². The summed E-state index contributed by atoms with van der Waals surface area (Å²) in [4.78, 5) is 0. The third-order valence-corrected chi connectivity index (χ3v) is 3.32. The van der Waals surface area contributed by atoms with Crippen LogP contribution in [0.3, 0.4) is 0 Å². The van der Waals surface area contributed by atoms with Crippen molar-refractivity contribution in [3.05, 3.63) is 35.6 Å². The van der Waals surface area contributed by atoms with Gasteiger partial charge in [0.2, 0.25) is 0 Å². The first kappa shape index (κ1) is 14.2. The number of rotatable bonds is 7. The smallest absolute Gasteiger partial charge is 0.126 e. The van der Waals surface area contributed by atoms with Crippen LogP contribution in [0, 0.1) is 17.7 Å². The van der Waals surface area contributed by atoms with Gasteiger partial charge in [-0.15, -0.1) is 0 Å². The quantitative estimate of drug-likeness (QED) is 0.767. The maximum Gasteiger partial charge on any atom is 0.126 e. The largest absolute Gasteiger partial charge is 0.330 e. The average Bonchev–Trinajstić information content (AvgIpc) is 2.31. The summed E-state index contributed by atoms with van der Waals surface area (Å²) in [5.41, 5.74) is 6.59. The third kappa shape index (κ3) is 4.86. The van der Waals surface area contributed by atoms with Crippen LogP contribution in [0.25, 0.3) is 0 Å². The highest BCUT2D eigenvalue weighted by Gasteiger charge is 2.14. The molecule has 2 N–H and O–H groups in total. The minimum Gasteiger partial charge on any atom is -0.330 e. The van der Waals surface area contributed by atoms with Crippen molar-refractivity contribution in [1.82, 2.24) is 0 Å². The van der Waals surface area contributed by atoms with Crippen LogP contribution in [0.5, 0.6) is 0 Å². The Hall–Kier alpha value is -0.890. The molecular formula is C15H24FN. The van der Waals surface area contributed by atoms with Gasteiger partial charge in [-0.05, 0) is 42.9 Å². The molecule has 0 aliphatic carbocycles. The zero-order valence-corrected chi connectivity index (χ0v) is 11.0. The molecule has 96 valence electrons. The maximum atomic E-state index is 13.5. The van der Waals surface area contributed by atoms with Gasteiger partial charge in [0, 0.05) is 0 Å². The first-order valence-corrected chi connectivity index (χ1v) is 6.60. The van der Waals surface area contributed by atoms with Crippen LogP contribution in [0.4, 0.5) is 4.39 Å². The molecule has 0 spiro atoms. The maximum absolute atomic E-state index is 13.5. The highest BCUT2D eigenvalue weighted by Crippen LogP contribution is 2.21. The molecule has 0 aromatic heterocycles. The predicted octanol–water partition coefficient (Wildman–Crippen LogP) is 3.77. The average molecular weight is 237 g/mol. The molecule has 2 unspecified atom stereocenters. The fourth-order valence-corrected chi connectivity index (χ4v) is 2.42. The van der Waals surface area contributed by atoms with Gasteiger partial charge in [-0.25, -0.2) is 4.39 Å². The van der Waals surface area contributed by atoms with Crippen LogP contribution >= 0.6 is 0 Å². The number of hydrogen-bond acceptors (Lipinski definition) is 1. The van der Waals surface area contributed by atoms with Crippen molar-refractivity contribution in [2.24, 2.45) is 17.6 Å². The Morgan fingerprint density at radius 1 is 1.29 bits per heavy atom. The van der Waals surface area contributed by atoms with Gasteiger partial charge in [0.05, 0.1) is 0 Å². The molecule has 0 bridgehead atoms. The molecule has 17 heavy (non-hydrogen) atoms. The summed E-state index contributed by atoms with van der Waals surface area (Å²) in [7, 11) is 0. The predicted molar refractivity (Wildman–Crippen MR) is 71.3 cm³/mol. The van der Waals surface area contributed by atoms with E-state index in [1.807, 2.05) is 12.1 Å². The summed E-state index contributed by atoms with van der Waals surface area (Å²) < 4.78 is 13.5. The van der Waals surface area contributed by atoms with Crippen molar-refractivity contribution in [2.75, 3.05) is 6.54 Å². The lowest BCUT2D eigenvalue weighted by atomic mass is 9.88. The fraction of sp³-hybridized carbons (Fsp3) is 0.600. The van der Waals surface area contributed by atoms with Crippen molar-refractivity contribution in [1.29, 1.82) is 0 Å². The highest BCUT2D eigenvalue weighted by molar-refractivity contribution is 5.17. The Labute approximate surface area is 104 Å². The lowest BCUT2D eigenvalue weighted by Crippen LogP contribution is -2.20. The van der Waals surface area contributed by atoms with E-state index in [1.54, 1.807) is 6.07 Å². The van der Waals surface area contributed by atoms with Crippen LogP contribution in [0.2, 0.25) is 0 Å². The lowest BCUT2D eigenvalue weighted by Gasteiger charge is -2.19. The molecule has 1 aromatic carbocycles. The van der Waals surface area contributed by atoms with Gasteiger partial charge >= 0.3 is 0 Å². The molecule has 2 heteroatoms. The van der Waals surface area contributed by atoms with Crippen LogP contribution in [0.15, 0.2) is 24.3 Å². The van der Waals surface area contributed by atoms with E-state index in [4.69, 9.17) is 5.73 Å². The van der Waals surface area contributed by atoms with Crippen molar-refractivity contribution in [3.8, 4) is 0 Å². The normalized spacial score (nSPS) is 14.6. The molecule has 0 saturated carbocycles. The Morgan fingerprint density at radius 3 is 2.59 bits per heavy atom. The van der Waals surface area contributed by atoms with Crippen molar-refractivity contribution < 1.29 is 4.39 Å². The number of halogens is 1. The van der Waals surface area contributed by atoms with Crippen LogP contribution in [-0.4, -0.2) is 6.54 Å². The Morgan fingerprint density at radius 2 is 2.00 bits per heavy atom. The Kier molecular flexibility index (Phi) is 6.20. The number of hydrogen-bond donors (Lipinski definition) is 1. The van der Waals surface area contributed by atoms with E-state index >= 15 is 0 Å². The molecule has 1 aromatic rings. The van der Waals surface area contributed by atoms with E-state index in [0.717, 1.165) is 18.4 Å². The fourth-order valence-electron chi connectivity index (χ4n) is 2.42. The first-order chi connectivity index (χ1) is 8.17. The molecule has 0 amide bonds. The van der Waals surface area contributed by atoms with Gasteiger partial charge in [-0.3, -0.25) is 0 Å². The minimum absolute atomic E-state index is 0.103. The van der Waals surface area contributed by atoms with Gasteiger partial charge in [0.1, 0.15) is 5.82 Å². The summed E-state index contributed by atoms with van der Waals surface area (Å²) >= 11 is 0. The molecular weight excluding hydrogens is 213 g/mol. The van der Waals surface area contributed by atoms with Crippen LogP contribution in [0.1, 0.15) is 38.7 Å². The van der Waals surface area contributed by atoms with E-state index in [1.165, 1.54) is 18.9 Å². The van der Waals surface area contributed by atoms with Crippen LogP contribution in [-0.2, 0) is 6.42 Å². The second kappa shape index (κ2) is 7.44. The third-order valence-electron chi connectivity index (χ3n) is 3.32. The van der Waals surface area contributed by atoms with Crippen LogP contribution < -0.4 is 5.73 Å². The van der Waals surface area contributed by atoms with E-state index in [2.05, 4.69) is 13.8 Å². The zero-order chi connectivity index (χ0) is 12.7. The number of nitrogens with two attached hydrogens (primary N) is 1. The van der Waals surface area contributed by atoms with E-state index in [-0.39, 0.29) is 5.82 Å². The SMILES string of the molecule is CCCC(C)CC(CN)Cc1ccccc1F. The summed E-state index contributed by atoms with van der Waals surface area (Å²) in [5, 5.41) is 0. The minimum atomic E-state index is -0.103. The molecule has 0 aliphatic heterocycles. The molecule has 0 radical (unpaired) electrons. The number of benzene rings is 1. The molecule has 1 rings (SSSR count). The highest BCUT2D eigenvalue weighted by atomic mass is 19.1. The molecule has 2 atom stereocenters. The zero-order valence-electron chi connectivity index (χ0n) is 11.0. The Bertz CT molecular complexity index is 324. The van der Waals surface area contributed by atoms with Gasteiger partial charge in [-0.1, -0.05) is 44.9 Å². The van der Waals surface area contributed by atoms with Gasteiger partial charge < -0.3 is 5.73 Å². The van der Waals surface area contributed by atoms with E-state index in [0.29, 0.717) is 18.4 Å².